The zero-order valence-corrected chi connectivity index (χ0v) is 8.57. The Hall–Kier alpha value is 0.315. The molecule has 2 radical (unpaired) electrons. The van der Waals surface area contributed by atoms with Gasteiger partial charge in [0.1, 0.15) is 0 Å². The summed E-state index contributed by atoms with van der Waals surface area (Å²) in [6.45, 7) is 8.25. The maximum atomic E-state index is 5.80. The minimum absolute atomic E-state index is 0.0270. The molecule has 0 aromatic heterocycles. The van der Waals surface area contributed by atoms with E-state index in [4.69, 9.17) is 19.4 Å². The molecular formula is C8H17BClN. The number of halogens is 1. The highest BCUT2D eigenvalue weighted by molar-refractivity contribution is 6.26. The molecule has 0 spiro atoms. The van der Waals surface area contributed by atoms with Gasteiger partial charge in [-0.2, -0.15) is 0 Å². The van der Waals surface area contributed by atoms with Crippen LogP contribution in [0.3, 0.4) is 0 Å². The average molecular weight is 173 g/mol. The average Bonchev–Trinajstić information content (AvgIpc) is 1.87. The third-order valence-corrected chi connectivity index (χ3v) is 2.21. The van der Waals surface area contributed by atoms with Crippen molar-refractivity contribution in [2.24, 2.45) is 0 Å². The lowest BCUT2D eigenvalue weighted by Gasteiger charge is -2.30. The van der Waals surface area contributed by atoms with Gasteiger partial charge in [0, 0.05) is 10.9 Å². The lowest BCUT2D eigenvalue weighted by Crippen LogP contribution is -2.49. The zero-order valence-electron chi connectivity index (χ0n) is 7.82. The molecular weight excluding hydrogens is 156 g/mol. The van der Waals surface area contributed by atoms with Crippen LogP contribution in [0.1, 0.15) is 34.1 Å². The van der Waals surface area contributed by atoms with E-state index in [0.717, 1.165) is 6.42 Å². The van der Waals surface area contributed by atoms with Gasteiger partial charge < -0.3 is 5.32 Å². The van der Waals surface area contributed by atoms with E-state index >= 15 is 0 Å². The van der Waals surface area contributed by atoms with Gasteiger partial charge in [-0.3, -0.25) is 0 Å². The molecule has 0 aliphatic heterocycles. The molecule has 0 saturated carbocycles. The van der Waals surface area contributed by atoms with Crippen LogP contribution in [-0.4, -0.2) is 24.7 Å². The lowest BCUT2D eigenvalue weighted by molar-refractivity contribution is 0.362. The summed E-state index contributed by atoms with van der Waals surface area (Å²) >= 11 is 5.80. The third kappa shape index (κ3) is 4.70. The summed E-state index contributed by atoms with van der Waals surface area (Å²) in [5, 5.41) is 3.22. The van der Waals surface area contributed by atoms with E-state index in [1.807, 2.05) is 6.92 Å². The first kappa shape index (κ1) is 11.3. The van der Waals surface area contributed by atoms with E-state index in [1.54, 1.807) is 0 Å². The fourth-order valence-electron chi connectivity index (χ4n) is 0.668. The maximum absolute atomic E-state index is 5.80. The van der Waals surface area contributed by atoms with Crippen molar-refractivity contribution in [3.8, 4) is 0 Å². The zero-order chi connectivity index (χ0) is 9.07. The highest BCUT2D eigenvalue weighted by Crippen LogP contribution is 2.10. The van der Waals surface area contributed by atoms with Gasteiger partial charge in [-0.15, -0.1) is 11.6 Å². The first-order chi connectivity index (χ1) is 4.89. The van der Waals surface area contributed by atoms with Crippen molar-refractivity contribution >= 4 is 19.4 Å². The van der Waals surface area contributed by atoms with E-state index in [1.165, 1.54) is 0 Å². The summed E-state index contributed by atoms with van der Waals surface area (Å²) in [4.78, 5) is 0. The van der Waals surface area contributed by atoms with Crippen molar-refractivity contribution < 1.29 is 0 Å². The number of alkyl halides is 1. The van der Waals surface area contributed by atoms with Gasteiger partial charge in [-0.05, 0) is 33.1 Å². The van der Waals surface area contributed by atoms with E-state index in [2.05, 4.69) is 26.1 Å². The number of hydrogen-bond acceptors (Lipinski definition) is 1. The normalized spacial score (nSPS) is 17.9. The summed E-state index contributed by atoms with van der Waals surface area (Å²) in [5.41, 5.74) is 0.0859. The van der Waals surface area contributed by atoms with Crippen LogP contribution in [0.2, 0.25) is 0 Å². The molecule has 2 unspecified atom stereocenters. The molecule has 1 N–H and O–H groups in total. The number of rotatable bonds is 4. The van der Waals surface area contributed by atoms with Crippen molar-refractivity contribution in [1.82, 2.24) is 5.32 Å². The van der Waals surface area contributed by atoms with Crippen LogP contribution in [-0.2, 0) is 0 Å². The molecule has 0 aromatic rings. The van der Waals surface area contributed by atoms with Crippen molar-refractivity contribution in [2.75, 3.05) is 0 Å². The molecule has 0 bridgehead atoms. The molecule has 1 nitrogen and oxygen atoms in total. The van der Waals surface area contributed by atoms with Gasteiger partial charge in [0.2, 0.25) is 0 Å². The molecule has 0 saturated heterocycles. The van der Waals surface area contributed by atoms with Crippen LogP contribution >= 0.6 is 11.6 Å². The second kappa shape index (κ2) is 4.37. The smallest absolute Gasteiger partial charge is 0.0927 e. The van der Waals surface area contributed by atoms with Crippen molar-refractivity contribution in [1.29, 1.82) is 0 Å². The Morgan fingerprint density at radius 1 is 1.55 bits per heavy atom. The Labute approximate surface area is 76.3 Å². The third-order valence-electron chi connectivity index (χ3n) is 1.94. The lowest BCUT2D eigenvalue weighted by atomic mass is 9.89. The van der Waals surface area contributed by atoms with Gasteiger partial charge in [0.25, 0.3) is 0 Å². The molecule has 64 valence electrons. The fourth-order valence-corrected chi connectivity index (χ4v) is 0.731. The van der Waals surface area contributed by atoms with Crippen LogP contribution in [0.5, 0.6) is 0 Å². The molecule has 0 amide bonds. The topological polar surface area (TPSA) is 12.0 Å². The van der Waals surface area contributed by atoms with Crippen molar-refractivity contribution in [2.45, 2.75) is 51.0 Å². The van der Waals surface area contributed by atoms with Crippen LogP contribution in [0.25, 0.3) is 0 Å². The molecule has 0 aliphatic carbocycles. The molecule has 3 heteroatoms. The summed E-state index contributed by atoms with van der Waals surface area (Å²) < 4.78 is 0. The molecule has 0 rings (SSSR count). The Morgan fingerprint density at radius 3 is 2.27 bits per heavy atom. The van der Waals surface area contributed by atoms with Gasteiger partial charge in [-0.1, -0.05) is 6.92 Å². The second-order valence-corrected chi connectivity index (χ2v) is 4.27. The van der Waals surface area contributed by atoms with Crippen molar-refractivity contribution in [3.05, 3.63) is 0 Å². The van der Waals surface area contributed by atoms with E-state index in [-0.39, 0.29) is 16.9 Å². The first-order valence-corrected chi connectivity index (χ1v) is 4.50. The summed E-state index contributed by atoms with van der Waals surface area (Å²) in [6, 6.07) is 0. The highest BCUT2D eigenvalue weighted by Gasteiger charge is 2.19. The largest absolute Gasteiger partial charge is 0.316 e. The molecule has 0 heterocycles. The predicted octanol–water partition coefficient (Wildman–Crippen LogP) is 1.89. The first-order valence-electron chi connectivity index (χ1n) is 4.06. The maximum Gasteiger partial charge on any atom is 0.0927 e. The van der Waals surface area contributed by atoms with Gasteiger partial charge in [0.05, 0.1) is 7.85 Å². The Balaban J connectivity index is 3.83. The minimum Gasteiger partial charge on any atom is -0.316 e. The Morgan fingerprint density at radius 2 is 2.00 bits per heavy atom. The summed E-state index contributed by atoms with van der Waals surface area (Å²) in [7, 11) is 5.74. The molecule has 0 aliphatic rings. The van der Waals surface area contributed by atoms with Gasteiger partial charge in [-0.25, -0.2) is 0 Å². The molecule has 11 heavy (non-hydrogen) atoms. The summed E-state index contributed by atoms with van der Waals surface area (Å²) in [6.07, 6.45) is 1.05. The predicted molar refractivity (Wildman–Crippen MR) is 52.4 cm³/mol. The SMILES string of the molecule is [B]C(NC(C)(C)CC)C(C)Cl. The van der Waals surface area contributed by atoms with E-state index in [9.17, 15) is 0 Å². The quantitative estimate of drug-likeness (QED) is 0.506. The second-order valence-electron chi connectivity index (χ2n) is 3.59. The fraction of sp³-hybridized carbons (Fsp3) is 1.00. The standard InChI is InChI=1S/C8H17BClN/c1-5-8(3,4)11-7(9)6(2)10/h6-7,11H,5H2,1-4H3. The molecule has 2 atom stereocenters. The Kier molecular flexibility index (Phi) is 4.49. The monoisotopic (exact) mass is 173 g/mol. The molecule has 0 fully saturated rings. The van der Waals surface area contributed by atoms with Gasteiger partial charge in [0.15, 0.2) is 0 Å². The number of nitrogens with one attached hydrogen (secondary N) is 1. The van der Waals surface area contributed by atoms with E-state index in [0.29, 0.717) is 0 Å². The Bertz CT molecular complexity index is 115. The van der Waals surface area contributed by atoms with Crippen LogP contribution < -0.4 is 5.32 Å². The minimum atomic E-state index is -0.119. The van der Waals surface area contributed by atoms with Crippen LogP contribution in [0.15, 0.2) is 0 Å². The van der Waals surface area contributed by atoms with Crippen LogP contribution in [0, 0.1) is 0 Å². The molecule has 0 aromatic carbocycles. The highest BCUT2D eigenvalue weighted by atomic mass is 35.5. The number of hydrogen-bond donors (Lipinski definition) is 1. The van der Waals surface area contributed by atoms with Crippen molar-refractivity contribution in [3.63, 3.8) is 0 Å². The van der Waals surface area contributed by atoms with Crippen LogP contribution in [0.4, 0.5) is 0 Å². The summed E-state index contributed by atoms with van der Waals surface area (Å²) in [5.74, 6) is -0.119. The van der Waals surface area contributed by atoms with E-state index < -0.39 is 0 Å². The van der Waals surface area contributed by atoms with Gasteiger partial charge >= 0.3 is 0 Å².